The summed E-state index contributed by atoms with van der Waals surface area (Å²) in [5, 5.41) is 3.10. The van der Waals surface area contributed by atoms with Crippen molar-refractivity contribution >= 4 is 0 Å². The third-order valence-corrected chi connectivity index (χ3v) is 0.553. The smallest absolute Gasteiger partial charge is 0.00103 e. The summed E-state index contributed by atoms with van der Waals surface area (Å²) in [5.41, 5.74) is 0. The summed E-state index contributed by atoms with van der Waals surface area (Å²) < 4.78 is 0. The van der Waals surface area contributed by atoms with Crippen LogP contribution < -0.4 is 5.32 Å². The van der Waals surface area contributed by atoms with Crippen LogP contribution in [0.2, 0.25) is 0 Å². The van der Waals surface area contributed by atoms with Crippen LogP contribution in [0.1, 0.15) is 13.8 Å². The number of rotatable bonds is 2. The van der Waals surface area contributed by atoms with Gasteiger partial charge in [0.05, 0.1) is 0 Å². The Morgan fingerprint density at radius 3 is 2.17 bits per heavy atom. The highest BCUT2D eigenvalue weighted by Gasteiger charge is 1.82. The molecule has 0 fully saturated rings. The van der Waals surface area contributed by atoms with E-state index in [1.165, 1.54) is 0 Å². The first-order valence-corrected chi connectivity index (χ1v) is 2.30. The molecule has 0 aromatic heterocycles. The van der Waals surface area contributed by atoms with Crippen LogP contribution in [0.15, 0.2) is 0 Å². The predicted octanol–water partition coefficient (Wildman–Crippen LogP) is 0.818. The van der Waals surface area contributed by atoms with Crippen molar-refractivity contribution in [3.05, 3.63) is 6.92 Å². The first-order valence-electron chi connectivity index (χ1n) is 2.30. The first-order chi connectivity index (χ1) is 2.77. The summed E-state index contributed by atoms with van der Waals surface area (Å²) in [4.78, 5) is 0. The van der Waals surface area contributed by atoms with Crippen molar-refractivity contribution in [2.24, 2.45) is 0 Å². The highest BCUT2D eigenvalue weighted by molar-refractivity contribution is 4.51. The molecule has 0 rings (SSSR count). The Morgan fingerprint density at radius 1 is 1.67 bits per heavy atom. The fourth-order valence-electron chi connectivity index (χ4n) is 0.289. The van der Waals surface area contributed by atoms with Crippen molar-refractivity contribution in [1.82, 2.24) is 5.32 Å². The molecular formula is C5H12N. The molecule has 0 saturated heterocycles. The molecule has 6 heavy (non-hydrogen) atoms. The molecule has 0 bridgehead atoms. The summed E-state index contributed by atoms with van der Waals surface area (Å²) in [6, 6.07) is 0.586. The maximum atomic E-state index is 3.61. The standard InChI is InChI=1S/C5H12N/c1-4-6-5(2)3/h5-6H,1,4H2,2-3H3. The van der Waals surface area contributed by atoms with Crippen molar-refractivity contribution in [2.45, 2.75) is 19.9 Å². The molecule has 0 unspecified atom stereocenters. The molecule has 0 heterocycles. The topological polar surface area (TPSA) is 12.0 Å². The second-order valence-electron chi connectivity index (χ2n) is 1.61. The molecule has 0 spiro atoms. The summed E-state index contributed by atoms with van der Waals surface area (Å²) in [5.74, 6) is 0. The van der Waals surface area contributed by atoms with Crippen LogP contribution in [0.3, 0.4) is 0 Å². The Morgan fingerprint density at radius 2 is 2.17 bits per heavy atom. The van der Waals surface area contributed by atoms with Gasteiger partial charge in [-0.25, -0.2) is 0 Å². The maximum Gasteiger partial charge on any atom is 0.00103 e. The zero-order valence-corrected chi connectivity index (χ0v) is 4.49. The van der Waals surface area contributed by atoms with Gasteiger partial charge in [0.1, 0.15) is 0 Å². The minimum Gasteiger partial charge on any atom is -0.315 e. The lowest BCUT2D eigenvalue weighted by molar-refractivity contribution is 0.631. The van der Waals surface area contributed by atoms with E-state index < -0.39 is 0 Å². The molecule has 1 radical (unpaired) electrons. The molecule has 1 nitrogen and oxygen atoms in total. The third-order valence-electron chi connectivity index (χ3n) is 0.553. The van der Waals surface area contributed by atoms with E-state index in [-0.39, 0.29) is 0 Å². The highest BCUT2D eigenvalue weighted by atomic mass is 14.9. The lowest BCUT2D eigenvalue weighted by Crippen LogP contribution is -2.21. The van der Waals surface area contributed by atoms with E-state index in [9.17, 15) is 0 Å². The van der Waals surface area contributed by atoms with Crippen LogP contribution in [-0.4, -0.2) is 12.6 Å². The summed E-state index contributed by atoms with van der Waals surface area (Å²) in [6.45, 7) is 8.65. The Balaban J connectivity index is 2.63. The van der Waals surface area contributed by atoms with Gasteiger partial charge in [-0.15, -0.1) is 0 Å². The van der Waals surface area contributed by atoms with Crippen LogP contribution in [0, 0.1) is 6.92 Å². The van der Waals surface area contributed by atoms with Crippen LogP contribution >= 0.6 is 0 Å². The van der Waals surface area contributed by atoms with Gasteiger partial charge in [-0.05, 0) is 13.5 Å². The lowest BCUT2D eigenvalue weighted by atomic mass is 10.4. The molecule has 0 aromatic rings. The van der Waals surface area contributed by atoms with Crippen LogP contribution in [0.4, 0.5) is 0 Å². The van der Waals surface area contributed by atoms with Crippen molar-refractivity contribution in [3.63, 3.8) is 0 Å². The molecule has 0 aliphatic heterocycles. The second-order valence-corrected chi connectivity index (χ2v) is 1.61. The minimum atomic E-state index is 0.586. The molecule has 0 aromatic carbocycles. The molecule has 37 valence electrons. The fraction of sp³-hybridized carbons (Fsp3) is 0.800. The van der Waals surface area contributed by atoms with E-state index in [2.05, 4.69) is 26.1 Å². The molecule has 1 heteroatoms. The van der Waals surface area contributed by atoms with Crippen LogP contribution in [0.5, 0.6) is 0 Å². The summed E-state index contributed by atoms with van der Waals surface area (Å²) >= 11 is 0. The maximum absolute atomic E-state index is 3.61. The van der Waals surface area contributed by atoms with Gasteiger partial charge in [0.15, 0.2) is 0 Å². The molecule has 1 N–H and O–H groups in total. The first kappa shape index (κ1) is 5.96. The van der Waals surface area contributed by atoms with Crippen LogP contribution in [-0.2, 0) is 0 Å². The lowest BCUT2D eigenvalue weighted by Gasteiger charge is -2.00. The van der Waals surface area contributed by atoms with Gasteiger partial charge >= 0.3 is 0 Å². The number of hydrogen-bond donors (Lipinski definition) is 1. The van der Waals surface area contributed by atoms with E-state index >= 15 is 0 Å². The Kier molecular flexibility index (Phi) is 3.14. The largest absolute Gasteiger partial charge is 0.315 e. The van der Waals surface area contributed by atoms with Crippen LogP contribution in [0.25, 0.3) is 0 Å². The van der Waals surface area contributed by atoms with Gasteiger partial charge < -0.3 is 5.32 Å². The van der Waals surface area contributed by atoms with E-state index in [4.69, 9.17) is 0 Å². The SMILES string of the molecule is [CH2]CNC(C)C. The van der Waals surface area contributed by atoms with Crippen molar-refractivity contribution in [3.8, 4) is 0 Å². The molecule has 0 aliphatic carbocycles. The summed E-state index contributed by atoms with van der Waals surface area (Å²) in [6.07, 6.45) is 0. The molecule has 0 aliphatic rings. The monoisotopic (exact) mass is 86.1 g/mol. The second kappa shape index (κ2) is 3.16. The van der Waals surface area contributed by atoms with E-state index in [0.29, 0.717) is 6.04 Å². The number of hydrogen-bond acceptors (Lipinski definition) is 1. The predicted molar refractivity (Wildman–Crippen MR) is 28.5 cm³/mol. The quantitative estimate of drug-likeness (QED) is 0.524. The van der Waals surface area contributed by atoms with E-state index in [1.807, 2.05) is 0 Å². The Labute approximate surface area is 39.7 Å². The van der Waals surface area contributed by atoms with Crippen molar-refractivity contribution in [2.75, 3.05) is 6.54 Å². The number of nitrogens with one attached hydrogen (secondary N) is 1. The van der Waals surface area contributed by atoms with Crippen molar-refractivity contribution < 1.29 is 0 Å². The fourth-order valence-corrected chi connectivity index (χ4v) is 0.289. The van der Waals surface area contributed by atoms with Crippen molar-refractivity contribution in [1.29, 1.82) is 0 Å². The van der Waals surface area contributed by atoms with Gasteiger partial charge in [0, 0.05) is 6.04 Å². The Hall–Kier alpha value is -0.0400. The van der Waals surface area contributed by atoms with E-state index in [0.717, 1.165) is 6.54 Å². The Bertz CT molecular complexity index is 25.1. The van der Waals surface area contributed by atoms with Gasteiger partial charge in [-0.1, -0.05) is 13.8 Å². The molecule has 0 amide bonds. The molecule has 0 saturated carbocycles. The minimum absolute atomic E-state index is 0.586. The zero-order valence-electron chi connectivity index (χ0n) is 4.49. The molecular weight excluding hydrogens is 74.1 g/mol. The summed E-state index contributed by atoms with van der Waals surface area (Å²) in [7, 11) is 0. The average molecular weight is 86.2 g/mol. The normalized spacial score (nSPS) is 10.0. The average Bonchev–Trinajstić information content (AvgIpc) is 1.35. The van der Waals surface area contributed by atoms with Gasteiger partial charge in [0.25, 0.3) is 0 Å². The highest BCUT2D eigenvalue weighted by Crippen LogP contribution is 1.70. The third kappa shape index (κ3) is 3.96. The van der Waals surface area contributed by atoms with Gasteiger partial charge in [-0.2, -0.15) is 0 Å². The van der Waals surface area contributed by atoms with Gasteiger partial charge in [-0.3, -0.25) is 0 Å². The van der Waals surface area contributed by atoms with E-state index in [1.54, 1.807) is 0 Å². The molecule has 0 atom stereocenters. The zero-order chi connectivity index (χ0) is 4.99. The van der Waals surface area contributed by atoms with Gasteiger partial charge in [0.2, 0.25) is 0 Å².